The highest BCUT2D eigenvalue weighted by Crippen LogP contribution is 2.28. The zero-order valence-corrected chi connectivity index (χ0v) is 11.8. The fourth-order valence-electron chi connectivity index (χ4n) is 3.40. The van der Waals surface area contributed by atoms with Crippen LogP contribution < -0.4 is 0 Å². The molecule has 2 atom stereocenters. The minimum Gasteiger partial charge on any atom is -0.390 e. The molecule has 3 nitrogen and oxygen atoms in total. The number of aliphatic hydroxyl groups is 1. The van der Waals surface area contributed by atoms with Crippen LogP contribution in [0.2, 0.25) is 0 Å². The first-order chi connectivity index (χ1) is 8.79. The molecule has 0 aromatic carbocycles. The van der Waals surface area contributed by atoms with Gasteiger partial charge in [0.05, 0.1) is 18.8 Å². The molecule has 3 heteroatoms. The van der Waals surface area contributed by atoms with Crippen LogP contribution in [0, 0.1) is 5.92 Å². The van der Waals surface area contributed by atoms with Crippen LogP contribution in [0.5, 0.6) is 0 Å². The zero-order valence-electron chi connectivity index (χ0n) is 11.8. The molecule has 18 heavy (non-hydrogen) atoms. The van der Waals surface area contributed by atoms with Gasteiger partial charge in [-0.2, -0.15) is 0 Å². The molecule has 0 bridgehead atoms. The van der Waals surface area contributed by atoms with Crippen molar-refractivity contribution in [1.82, 2.24) is 4.90 Å². The van der Waals surface area contributed by atoms with E-state index in [-0.39, 0.29) is 12.2 Å². The van der Waals surface area contributed by atoms with Gasteiger partial charge >= 0.3 is 0 Å². The lowest BCUT2D eigenvalue weighted by Crippen LogP contribution is -2.48. The normalized spacial score (nSPS) is 29.3. The van der Waals surface area contributed by atoms with E-state index < -0.39 is 0 Å². The van der Waals surface area contributed by atoms with Gasteiger partial charge in [-0.05, 0) is 25.3 Å². The van der Waals surface area contributed by atoms with Gasteiger partial charge in [0.25, 0.3) is 0 Å². The van der Waals surface area contributed by atoms with E-state index in [1.54, 1.807) is 0 Å². The minimum atomic E-state index is -0.257. The molecule has 0 radical (unpaired) electrons. The third-order valence-electron chi connectivity index (χ3n) is 4.45. The van der Waals surface area contributed by atoms with Crippen molar-refractivity contribution in [3.05, 3.63) is 0 Å². The Kier molecular flexibility index (Phi) is 5.93. The summed E-state index contributed by atoms with van der Waals surface area (Å²) in [5.74, 6) is 0.735. The van der Waals surface area contributed by atoms with Gasteiger partial charge in [-0.3, -0.25) is 4.90 Å². The molecule has 0 spiro atoms. The van der Waals surface area contributed by atoms with E-state index in [1.807, 2.05) is 0 Å². The van der Waals surface area contributed by atoms with E-state index in [4.69, 9.17) is 4.74 Å². The standard InChI is InChI=1S/C15H29NO2/c1-2-8-16-9-10-18-15(12-16)14(17)11-13-6-4-3-5-7-13/h13-15,17H,2-12H2,1H3. The molecule has 0 aromatic heterocycles. The van der Waals surface area contributed by atoms with Crippen molar-refractivity contribution in [1.29, 1.82) is 0 Å². The predicted molar refractivity (Wildman–Crippen MR) is 73.7 cm³/mol. The lowest BCUT2D eigenvalue weighted by molar-refractivity contribution is -0.0949. The first-order valence-corrected chi connectivity index (χ1v) is 7.81. The maximum absolute atomic E-state index is 10.4. The van der Waals surface area contributed by atoms with Gasteiger partial charge in [-0.15, -0.1) is 0 Å². The van der Waals surface area contributed by atoms with Gasteiger partial charge < -0.3 is 9.84 Å². The number of hydrogen-bond donors (Lipinski definition) is 1. The summed E-state index contributed by atoms with van der Waals surface area (Å²) < 4.78 is 5.77. The maximum atomic E-state index is 10.4. The van der Waals surface area contributed by atoms with Crippen LogP contribution in [-0.2, 0) is 4.74 Å². The molecule has 0 amide bonds. The van der Waals surface area contributed by atoms with Gasteiger partial charge in [-0.1, -0.05) is 39.0 Å². The molecule has 1 aliphatic heterocycles. The molecular formula is C15H29NO2. The van der Waals surface area contributed by atoms with Gasteiger partial charge in [0.2, 0.25) is 0 Å². The van der Waals surface area contributed by atoms with E-state index in [2.05, 4.69) is 11.8 Å². The molecule has 1 heterocycles. The Morgan fingerprint density at radius 1 is 1.28 bits per heavy atom. The summed E-state index contributed by atoms with van der Waals surface area (Å²) in [5, 5.41) is 10.4. The summed E-state index contributed by atoms with van der Waals surface area (Å²) in [7, 11) is 0. The van der Waals surface area contributed by atoms with Crippen molar-refractivity contribution < 1.29 is 9.84 Å². The largest absolute Gasteiger partial charge is 0.390 e. The highest BCUT2D eigenvalue weighted by molar-refractivity contribution is 4.80. The van der Waals surface area contributed by atoms with E-state index in [9.17, 15) is 5.11 Å². The van der Waals surface area contributed by atoms with Gasteiger partial charge in [0, 0.05) is 13.1 Å². The molecule has 2 rings (SSSR count). The molecule has 1 saturated heterocycles. The van der Waals surface area contributed by atoms with Gasteiger partial charge in [0.15, 0.2) is 0 Å². The quantitative estimate of drug-likeness (QED) is 0.819. The molecule has 2 unspecified atom stereocenters. The average molecular weight is 255 g/mol. The fraction of sp³-hybridized carbons (Fsp3) is 1.00. The summed E-state index contributed by atoms with van der Waals surface area (Å²) in [5.41, 5.74) is 0. The lowest BCUT2D eigenvalue weighted by atomic mass is 9.84. The molecule has 1 aliphatic carbocycles. The number of ether oxygens (including phenoxy) is 1. The lowest BCUT2D eigenvalue weighted by Gasteiger charge is -2.36. The van der Waals surface area contributed by atoms with Crippen molar-refractivity contribution >= 4 is 0 Å². The fourth-order valence-corrected chi connectivity index (χ4v) is 3.40. The second kappa shape index (κ2) is 7.46. The Morgan fingerprint density at radius 3 is 2.78 bits per heavy atom. The molecule has 0 aromatic rings. The summed E-state index contributed by atoms with van der Waals surface area (Å²) in [6.07, 6.45) is 8.63. The van der Waals surface area contributed by atoms with Crippen LogP contribution in [0.25, 0.3) is 0 Å². The highest BCUT2D eigenvalue weighted by atomic mass is 16.5. The van der Waals surface area contributed by atoms with Crippen LogP contribution in [0.4, 0.5) is 0 Å². The SMILES string of the molecule is CCCN1CCOC(C(O)CC2CCCCC2)C1. The summed E-state index contributed by atoms with van der Waals surface area (Å²) in [4.78, 5) is 2.43. The van der Waals surface area contributed by atoms with Crippen LogP contribution in [0.1, 0.15) is 51.9 Å². The van der Waals surface area contributed by atoms with Gasteiger partial charge in [0.1, 0.15) is 0 Å². The molecular weight excluding hydrogens is 226 g/mol. The molecule has 1 N–H and O–H groups in total. The van der Waals surface area contributed by atoms with Crippen molar-refractivity contribution in [3.8, 4) is 0 Å². The van der Waals surface area contributed by atoms with E-state index >= 15 is 0 Å². The van der Waals surface area contributed by atoms with Crippen molar-refractivity contribution in [2.24, 2.45) is 5.92 Å². The van der Waals surface area contributed by atoms with Crippen molar-refractivity contribution in [2.75, 3.05) is 26.2 Å². The molecule has 2 fully saturated rings. The second-order valence-corrected chi connectivity index (χ2v) is 6.02. The van der Waals surface area contributed by atoms with Crippen LogP contribution in [-0.4, -0.2) is 48.5 Å². The van der Waals surface area contributed by atoms with Crippen molar-refractivity contribution in [3.63, 3.8) is 0 Å². The Labute approximate surface area is 112 Å². The van der Waals surface area contributed by atoms with Crippen LogP contribution in [0.3, 0.4) is 0 Å². The second-order valence-electron chi connectivity index (χ2n) is 6.02. The van der Waals surface area contributed by atoms with Crippen LogP contribution in [0.15, 0.2) is 0 Å². The Balaban J connectivity index is 1.74. The van der Waals surface area contributed by atoms with Gasteiger partial charge in [-0.25, -0.2) is 0 Å². The third kappa shape index (κ3) is 4.22. The number of hydrogen-bond acceptors (Lipinski definition) is 3. The Bertz CT molecular complexity index is 227. The number of nitrogens with zero attached hydrogens (tertiary/aromatic N) is 1. The highest BCUT2D eigenvalue weighted by Gasteiger charge is 2.28. The van der Waals surface area contributed by atoms with E-state index in [1.165, 1.54) is 38.5 Å². The van der Waals surface area contributed by atoms with E-state index in [0.717, 1.165) is 38.6 Å². The molecule has 1 saturated carbocycles. The number of rotatable bonds is 5. The number of aliphatic hydroxyl groups excluding tert-OH is 1. The smallest absolute Gasteiger partial charge is 0.0961 e. The monoisotopic (exact) mass is 255 g/mol. The Morgan fingerprint density at radius 2 is 2.06 bits per heavy atom. The predicted octanol–water partition coefficient (Wildman–Crippen LogP) is 2.43. The van der Waals surface area contributed by atoms with Crippen LogP contribution >= 0.6 is 0 Å². The minimum absolute atomic E-state index is 0.0484. The third-order valence-corrected chi connectivity index (χ3v) is 4.45. The van der Waals surface area contributed by atoms with Crippen molar-refractivity contribution in [2.45, 2.75) is 64.1 Å². The first-order valence-electron chi connectivity index (χ1n) is 7.81. The summed E-state index contributed by atoms with van der Waals surface area (Å²) >= 11 is 0. The topological polar surface area (TPSA) is 32.7 Å². The summed E-state index contributed by atoms with van der Waals surface area (Å²) in [6.45, 7) is 6.08. The maximum Gasteiger partial charge on any atom is 0.0961 e. The molecule has 106 valence electrons. The zero-order chi connectivity index (χ0) is 12.8. The van der Waals surface area contributed by atoms with E-state index in [0.29, 0.717) is 0 Å². The summed E-state index contributed by atoms with van der Waals surface area (Å²) in [6, 6.07) is 0. The molecule has 2 aliphatic rings. The Hall–Kier alpha value is -0.120. The number of morpholine rings is 1. The average Bonchev–Trinajstić information content (AvgIpc) is 2.40. The first kappa shape index (κ1) is 14.3.